The molecule has 1 aromatic heterocycles. The van der Waals surface area contributed by atoms with Gasteiger partial charge in [-0.05, 0) is 0 Å². The molecule has 0 amide bonds. The van der Waals surface area contributed by atoms with E-state index in [1.165, 1.54) is 12.1 Å². The van der Waals surface area contributed by atoms with E-state index in [9.17, 15) is 10.2 Å². The van der Waals surface area contributed by atoms with E-state index in [-0.39, 0.29) is 16.5 Å². The first-order valence-corrected chi connectivity index (χ1v) is 4.74. The highest BCUT2D eigenvalue weighted by molar-refractivity contribution is 6.32. The number of nitrogens with zero attached hydrogens (tertiary/aromatic N) is 1. The van der Waals surface area contributed by atoms with Gasteiger partial charge in [0.25, 0.3) is 5.69 Å². The van der Waals surface area contributed by atoms with Crippen molar-refractivity contribution in [3.63, 3.8) is 0 Å². The van der Waals surface area contributed by atoms with Crippen molar-refractivity contribution in [1.82, 2.24) is 0 Å². The monoisotopic (exact) mass is 222 g/mol. The normalized spacial score (nSPS) is 10.2. The molecule has 1 heterocycles. The topological polar surface area (TPSA) is 44.3 Å². The predicted octanol–water partition coefficient (Wildman–Crippen LogP) is 2.03. The number of aromatic hydroxyl groups is 2. The van der Waals surface area contributed by atoms with Crippen molar-refractivity contribution in [2.24, 2.45) is 0 Å². The van der Waals surface area contributed by atoms with Crippen molar-refractivity contribution in [3.05, 3.63) is 47.7 Å². The number of hydrogen-bond acceptors (Lipinski definition) is 2. The number of aromatic nitrogens is 1. The van der Waals surface area contributed by atoms with Crippen LogP contribution in [0.4, 0.5) is 0 Å². The summed E-state index contributed by atoms with van der Waals surface area (Å²) >= 11 is 5.75. The van der Waals surface area contributed by atoms with Crippen molar-refractivity contribution in [2.75, 3.05) is 0 Å². The number of hydrogen-bond donors (Lipinski definition) is 2. The molecule has 0 aliphatic rings. The molecule has 0 bridgehead atoms. The van der Waals surface area contributed by atoms with Crippen LogP contribution in [-0.4, -0.2) is 10.2 Å². The number of benzene rings is 1. The van der Waals surface area contributed by atoms with Crippen molar-refractivity contribution < 1.29 is 14.8 Å². The fourth-order valence-corrected chi connectivity index (χ4v) is 1.54. The molecule has 2 N–H and O–H groups in total. The summed E-state index contributed by atoms with van der Waals surface area (Å²) < 4.78 is 1.67. The smallest absolute Gasteiger partial charge is 0.258 e. The lowest BCUT2D eigenvalue weighted by Gasteiger charge is -2.01. The molecule has 0 radical (unpaired) electrons. The van der Waals surface area contributed by atoms with Gasteiger partial charge in [-0.1, -0.05) is 17.7 Å². The summed E-state index contributed by atoms with van der Waals surface area (Å²) in [5.41, 5.74) is 0.445. The second-order valence-electron chi connectivity index (χ2n) is 3.08. The zero-order chi connectivity index (χ0) is 10.8. The Morgan fingerprint density at radius 1 is 1.00 bits per heavy atom. The number of phenols is 2. The van der Waals surface area contributed by atoms with Crippen LogP contribution < -0.4 is 4.57 Å². The van der Waals surface area contributed by atoms with Gasteiger partial charge in [0.2, 0.25) is 5.75 Å². The molecule has 2 rings (SSSR count). The summed E-state index contributed by atoms with van der Waals surface area (Å²) in [5.74, 6) is -0.0326. The molecular formula is C11H9ClNO2+. The van der Waals surface area contributed by atoms with E-state index in [1.807, 2.05) is 18.2 Å². The molecule has 76 valence electrons. The van der Waals surface area contributed by atoms with E-state index in [4.69, 9.17) is 11.6 Å². The van der Waals surface area contributed by atoms with Crippen LogP contribution in [0.15, 0.2) is 42.7 Å². The molecule has 0 unspecified atom stereocenters. The number of pyridine rings is 1. The van der Waals surface area contributed by atoms with Crippen LogP contribution in [-0.2, 0) is 0 Å². The van der Waals surface area contributed by atoms with Crippen molar-refractivity contribution in [2.45, 2.75) is 0 Å². The SMILES string of the molecule is Oc1cc(Cl)c(O)c(-[n+]2ccccc2)c1. The maximum atomic E-state index is 9.71. The van der Waals surface area contributed by atoms with Gasteiger partial charge in [0.05, 0.1) is 11.1 Å². The Bertz CT molecular complexity index is 485. The third-order valence-corrected chi connectivity index (χ3v) is 2.31. The summed E-state index contributed by atoms with van der Waals surface area (Å²) in [7, 11) is 0. The minimum Gasteiger partial charge on any atom is -0.508 e. The van der Waals surface area contributed by atoms with Gasteiger partial charge in [-0.15, -0.1) is 0 Å². The first-order valence-electron chi connectivity index (χ1n) is 4.36. The Morgan fingerprint density at radius 2 is 1.67 bits per heavy atom. The lowest BCUT2D eigenvalue weighted by Crippen LogP contribution is -2.28. The minimum atomic E-state index is -0.0503. The first-order chi connectivity index (χ1) is 7.18. The van der Waals surface area contributed by atoms with Crippen molar-refractivity contribution in [1.29, 1.82) is 0 Å². The molecule has 0 saturated heterocycles. The molecule has 0 aliphatic carbocycles. The van der Waals surface area contributed by atoms with E-state index < -0.39 is 0 Å². The summed E-state index contributed by atoms with van der Waals surface area (Å²) in [6.07, 6.45) is 3.51. The largest absolute Gasteiger partial charge is 0.508 e. The number of phenolic OH excluding ortho intramolecular Hbond substituents is 2. The lowest BCUT2D eigenvalue weighted by molar-refractivity contribution is -0.596. The third-order valence-electron chi connectivity index (χ3n) is 2.02. The van der Waals surface area contributed by atoms with Crippen LogP contribution in [0.1, 0.15) is 0 Å². The van der Waals surface area contributed by atoms with Crippen molar-refractivity contribution in [3.8, 4) is 17.2 Å². The zero-order valence-electron chi connectivity index (χ0n) is 7.76. The van der Waals surface area contributed by atoms with Crippen LogP contribution in [0.2, 0.25) is 5.02 Å². The Hall–Kier alpha value is -1.74. The molecule has 0 spiro atoms. The first kappa shape index (κ1) is 9.80. The van der Waals surface area contributed by atoms with E-state index in [1.54, 1.807) is 17.0 Å². The minimum absolute atomic E-state index is 0.0177. The predicted molar refractivity (Wildman–Crippen MR) is 56.3 cm³/mol. The Balaban J connectivity index is 2.63. The molecule has 2 aromatic rings. The van der Waals surface area contributed by atoms with Gasteiger partial charge in [-0.2, -0.15) is 4.57 Å². The highest BCUT2D eigenvalue weighted by Crippen LogP contribution is 2.31. The maximum absolute atomic E-state index is 9.71. The van der Waals surface area contributed by atoms with Crippen LogP contribution in [0.25, 0.3) is 5.69 Å². The van der Waals surface area contributed by atoms with Crippen LogP contribution in [0.5, 0.6) is 11.5 Å². The molecule has 1 aromatic carbocycles. The van der Waals surface area contributed by atoms with Gasteiger partial charge in [0.1, 0.15) is 5.75 Å². The second kappa shape index (κ2) is 3.79. The summed E-state index contributed by atoms with van der Waals surface area (Å²) in [4.78, 5) is 0. The van der Waals surface area contributed by atoms with E-state index in [0.29, 0.717) is 5.69 Å². The van der Waals surface area contributed by atoms with Gasteiger partial charge >= 0.3 is 0 Å². The fourth-order valence-electron chi connectivity index (χ4n) is 1.33. The Kier molecular flexibility index (Phi) is 2.47. The van der Waals surface area contributed by atoms with E-state index >= 15 is 0 Å². The second-order valence-corrected chi connectivity index (χ2v) is 3.49. The summed E-state index contributed by atoms with van der Waals surface area (Å²) in [6.45, 7) is 0. The van der Waals surface area contributed by atoms with Gasteiger partial charge in [-0.3, -0.25) is 0 Å². The average molecular weight is 223 g/mol. The standard InChI is InChI=1S/C11H8ClNO2/c12-9-6-8(14)7-10(11(9)15)13-4-2-1-3-5-13/h1-7H,(H-,14,15)/p+1. The molecule has 0 saturated carbocycles. The lowest BCUT2D eigenvalue weighted by atomic mass is 10.2. The molecule has 0 fully saturated rings. The molecule has 0 atom stereocenters. The third kappa shape index (κ3) is 1.87. The molecule has 4 heteroatoms. The Labute approximate surface area is 91.8 Å². The van der Waals surface area contributed by atoms with E-state index in [2.05, 4.69) is 0 Å². The van der Waals surface area contributed by atoms with Gasteiger partial charge < -0.3 is 10.2 Å². The fraction of sp³-hybridized carbons (Fsp3) is 0. The van der Waals surface area contributed by atoms with Crippen molar-refractivity contribution >= 4 is 11.6 Å². The van der Waals surface area contributed by atoms with Gasteiger partial charge in [0, 0.05) is 18.2 Å². The quantitative estimate of drug-likeness (QED) is 0.573. The highest BCUT2D eigenvalue weighted by atomic mass is 35.5. The summed E-state index contributed by atoms with van der Waals surface area (Å²) in [5, 5.41) is 19.2. The van der Waals surface area contributed by atoms with E-state index in [0.717, 1.165) is 0 Å². The molecule has 3 nitrogen and oxygen atoms in total. The van der Waals surface area contributed by atoms with Crippen LogP contribution in [0.3, 0.4) is 0 Å². The van der Waals surface area contributed by atoms with Crippen LogP contribution >= 0.6 is 11.6 Å². The maximum Gasteiger partial charge on any atom is 0.258 e. The number of halogens is 1. The zero-order valence-corrected chi connectivity index (χ0v) is 8.52. The van der Waals surface area contributed by atoms with Crippen LogP contribution in [0, 0.1) is 0 Å². The molecular weight excluding hydrogens is 214 g/mol. The summed E-state index contributed by atoms with van der Waals surface area (Å²) in [6, 6.07) is 8.23. The molecule has 15 heavy (non-hydrogen) atoms. The Morgan fingerprint density at radius 3 is 2.33 bits per heavy atom. The highest BCUT2D eigenvalue weighted by Gasteiger charge is 2.16. The van der Waals surface area contributed by atoms with Gasteiger partial charge in [0.15, 0.2) is 12.4 Å². The van der Waals surface area contributed by atoms with Gasteiger partial charge in [-0.25, -0.2) is 0 Å². The average Bonchev–Trinajstić information content (AvgIpc) is 2.24. The molecule has 0 aliphatic heterocycles. The number of rotatable bonds is 1.